The Hall–Kier alpha value is -3.61. The number of carbonyl (C=O) groups excluding carboxylic acids is 1. The van der Waals surface area contributed by atoms with E-state index >= 15 is 0 Å². The van der Waals surface area contributed by atoms with Gasteiger partial charge in [-0.2, -0.15) is 0 Å². The van der Waals surface area contributed by atoms with Crippen molar-refractivity contribution in [1.82, 2.24) is 15.2 Å². The van der Waals surface area contributed by atoms with E-state index in [1.807, 2.05) is 31.2 Å². The van der Waals surface area contributed by atoms with Crippen molar-refractivity contribution in [1.29, 1.82) is 0 Å². The monoisotopic (exact) mass is 377 g/mol. The maximum Gasteiger partial charge on any atom is 0.339 e. The van der Waals surface area contributed by atoms with Crippen molar-refractivity contribution in [3.63, 3.8) is 0 Å². The number of aromatic nitrogens is 3. The van der Waals surface area contributed by atoms with E-state index in [9.17, 15) is 9.18 Å². The number of para-hydroxylation sites is 1. The highest BCUT2D eigenvalue weighted by Crippen LogP contribution is 2.25. The summed E-state index contributed by atoms with van der Waals surface area (Å²) in [6.07, 6.45) is -0.749. The van der Waals surface area contributed by atoms with Crippen LogP contribution in [0.15, 0.2) is 59.0 Å². The molecule has 0 fully saturated rings. The average molecular weight is 377 g/mol. The first-order valence-corrected chi connectivity index (χ1v) is 8.68. The van der Waals surface area contributed by atoms with E-state index < -0.39 is 12.1 Å². The number of fused-ring (bicyclic) bond motifs is 1. The van der Waals surface area contributed by atoms with Crippen LogP contribution in [0, 0.1) is 12.7 Å². The minimum absolute atomic E-state index is 0.155. The molecule has 0 saturated carbocycles. The maximum absolute atomic E-state index is 13.1. The number of pyridine rings is 1. The molecule has 0 aliphatic rings. The van der Waals surface area contributed by atoms with E-state index in [0.29, 0.717) is 16.5 Å². The van der Waals surface area contributed by atoms with E-state index in [4.69, 9.17) is 9.15 Å². The van der Waals surface area contributed by atoms with Crippen LogP contribution >= 0.6 is 0 Å². The summed E-state index contributed by atoms with van der Waals surface area (Å²) >= 11 is 0. The van der Waals surface area contributed by atoms with Gasteiger partial charge in [0.05, 0.1) is 11.1 Å². The van der Waals surface area contributed by atoms with Gasteiger partial charge in [-0.05, 0) is 50.2 Å². The van der Waals surface area contributed by atoms with Crippen LogP contribution in [-0.4, -0.2) is 21.2 Å². The number of aryl methyl sites for hydroxylation is 1. The lowest BCUT2D eigenvalue weighted by Gasteiger charge is -2.11. The van der Waals surface area contributed by atoms with Crippen LogP contribution in [0.5, 0.6) is 0 Å². The van der Waals surface area contributed by atoms with Gasteiger partial charge < -0.3 is 9.15 Å². The number of nitrogens with zero attached hydrogens (tertiary/aromatic N) is 3. The molecule has 0 bridgehead atoms. The Morgan fingerprint density at radius 1 is 1.11 bits per heavy atom. The Bertz CT molecular complexity index is 1160. The normalized spacial score (nSPS) is 12.1. The molecule has 0 aliphatic carbocycles. The molecule has 28 heavy (non-hydrogen) atoms. The van der Waals surface area contributed by atoms with Crippen LogP contribution in [0.2, 0.25) is 0 Å². The summed E-state index contributed by atoms with van der Waals surface area (Å²) in [5.41, 5.74) is 2.44. The lowest BCUT2D eigenvalue weighted by Crippen LogP contribution is -2.11. The van der Waals surface area contributed by atoms with Crippen LogP contribution in [-0.2, 0) is 4.74 Å². The minimum atomic E-state index is -0.749. The van der Waals surface area contributed by atoms with Gasteiger partial charge in [-0.1, -0.05) is 18.2 Å². The number of ether oxygens (including phenoxy) is 1. The summed E-state index contributed by atoms with van der Waals surface area (Å²) in [5, 5.41) is 8.59. The molecule has 0 spiro atoms. The average Bonchev–Trinajstić information content (AvgIpc) is 3.18. The minimum Gasteiger partial charge on any atom is -0.449 e. The molecule has 1 atom stereocenters. The third-order valence-electron chi connectivity index (χ3n) is 4.23. The van der Waals surface area contributed by atoms with Gasteiger partial charge in [0.2, 0.25) is 5.89 Å². The number of halogens is 1. The summed E-state index contributed by atoms with van der Waals surface area (Å²) in [6.45, 7) is 3.47. The van der Waals surface area contributed by atoms with Gasteiger partial charge in [0, 0.05) is 16.6 Å². The Balaban J connectivity index is 1.57. The van der Waals surface area contributed by atoms with Gasteiger partial charge in [-0.15, -0.1) is 10.2 Å². The van der Waals surface area contributed by atoms with Gasteiger partial charge in [-0.25, -0.2) is 9.18 Å². The standard InChI is InChI=1S/C21H16FN3O3/c1-12-11-17(16-5-3-4-6-18(16)23-12)21(26)27-13(2)19-24-25-20(28-19)14-7-9-15(22)10-8-14/h3-11,13H,1-2H3/t13-/m0/s1. The number of carbonyl (C=O) groups is 1. The van der Waals surface area contributed by atoms with Crippen LogP contribution < -0.4 is 0 Å². The van der Waals surface area contributed by atoms with Crippen molar-refractivity contribution < 1.29 is 18.3 Å². The molecular weight excluding hydrogens is 361 g/mol. The molecule has 0 N–H and O–H groups in total. The van der Waals surface area contributed by atoms with E-state index in [-0.39, 0.29) is 17.6 Å². The fourth-order valence-corrected chi connectivity index (χ4v) is 2.86. The maximum atomic E-state index is 13.1. The Morgan fingerprint density at radius 3 is 2.64 bits per heavy atom. The Labute approximate surface area is 160 Å². The van der Waals surface area contributed by atoms with Crippen LogP contribution in [0.3, 0.4) is 0 Å². The van der Waals surface area contributed by atoms with Crippen molar-refractivity contribution >= 4 is 16.9 Å². The number of hydrogen-bond donors (Lipinski definition) is 0. The number of rotatable bonds is 4. The molecule has 7 heteroatoms. The summed E-state index contributed by atoms with van der Waals surface area (Å²) in [4.78, 5) is 17.2. The smallest absolute Gasteiger partial charge is 0.339 e. The van der Waals surface area contributed by atoms with E-state index in [2.05, 4.69) is 15.2 Å². The predicted molar refractivity (Wildman–Crippen MR) is 100 cm³/mol. The lowest BCUT2D eigenvalue weighted by atomic mass is 10.1. The highest BCUT2D eigenvalue weighted by molar-refractivity contribution is 6.03. The summed E-state index contributed by atoms with van der Waals surface area (Å²) in [7, 11) is 0. The zero-order valence-electron chi connectivity index (χ0n) is 15.2. The number of hydrogen-bond acceptors (Lipinski definition) is 6. The van der Waals surface area contributed by atoms with Gasteiger partial charge in [0.25, 0.3) is 5.89 Å². The SMILES string of the molecule is Cc1cc(C(=O)O[C@@H](C)c2nnc(-c3ccc(F)cc3)o2)c2ccccc2n1. The summed E-state index contributed by atoms with van der Waals surface area (Å²) in [6, 6.07) is 14.7. The molecule has 4 aromatic rings. The van der Waals surface area contributed by atoms with Gasteiger partial charge in [0.1, 0.15) is 5.82 Å². The second-order valence-electron chi connectivity index (χ2n) is 6.33. The van der Waals surface area contributed by atoms with E-state index in [0.717, 1.165) is 11.2 Å². The summed E-state index contributed by atoms with van der Waals surface area (Å²) < 4.78 is 24.2. The quantitative estimate of drug-likeness (QED) is 0.482. The molecule has 2 aromatic heterocycles. The molecule has 140 valence electrons. The topological polar surface area (TPSA) is 78.1 Å². The molecule has 2 heterocycles. The predicted octanol–water partition coefficient (Wildman–Crippen LogP) is 4.65. The first kappa shape index (κ1) is 17.8. The zero-order chi connectivity index (χ0) is 19.7. The van der Waals surface area contributed by atoms with Gasteiger partial charge in [-0.3, -0.25) is 4.98 Å². The Morgan fingerprint density at radius 2 is 1.86 bits per heavy atom. The number of benzene rings is 2. The third kappa shape index (κ3) is 3.46. The van der Waals surface area contributed by atoms with Crippen molar-refractivity contribution in [3.8, 4) is 11.5 Å². The van der Waals surface area contributed by atoms with Crippen molar-refractivity contribution in [2.45, 2.75) is 20.0 Å². The van der Waals surface area contributed by atoms with Gasteiger partial charge >= 0.3 is 5.97 Å². The first-order valence-electron chi connectivity index (χ1n) is 8.68. The van der Waals surface area contributed by atoms with Crippen LogP contribution in [0.1, 0.15) is 35.0 Å². The fourth-order valence-electron chi connectivity index (χ4n) is 2.86. The Kier molecular flexibility index (Phi) is 4.57. The van der Waals surface area contributed by atoms with E-state index in [1.165, 1.54) is 24.3 Å². The lowest BCUT2D eigenvalue weighted by molar-refractivity contribution is 0.0282. The van der Waals surface area contributed by atoms with Crippen molar-refractivity contribution in [3.05, 3.63) is 77.6 Å². The summed E-state index contributed by atoms with van der Waals surface area (Å²) in [5.74, 6) is -0.479. The van der Waals surface area contributed by atoms with Crippen molar-refractivity contribution in [2.75, 3.05) is 0 Å². The van der Waals surface area contributed by atoms with Gasteiger partial charge in [0.15, 0.2) is 6.10 Å². The van der Waals surface area contributed by atoms with Crippen LogP contribution in [0.25, 0.3) is 22.4 Å². The highest BCUT2D eigenvalue weighted by Gasteiger charge is 2.21. The molecule has 2 aromatic carbocycles. The van der Waals surface area contributed by atoms with Crippen molar-refractivity contribution in [2.24, 2.45) is 0 Å². The van der Waals surface area contributed by atoms with Crippen LogP contribution in [0.4, 0.5) is 4.39 Å². The molecular formula is C21H16FN3O3. The largest absolute Gasteiger partial charge is 0.449 e. The molecule has 0 amide bonds. The third-order valence-corrected chi connectivity index (χ3v) is 4.23. The zero-order valence-corrected chi connectivity index (χ0v) is 15.2. The second kappa shape index (κ2) is 7.19. The second-order valence-corrected chi connectivity index (χ2v) is 6.33. The fraction of sp³-hybridized carbons (Fsp3) is 0.143. The molecule has 6 nitrogen and oxygen atoms in total. The molecule has 0 aliphatic heterocycles. The number of esters is 1. The molecule has 0 saturated heterocycles. The van der Waals surface area contributed by atoms with E-state index in [1.54, 1.807) is 13.0 Å². The molecule has 4 rings (SSSR count). The highest BCUT2D eigenvalue weighted by atomic mass is 19.1. The molecule has 0 unspecified atom stereocenters. The first-order chi connectivity index (χ1) is 13.5. The molecule has 0 radical (unpaired) electrons.